The molecule has 0 saturated heterocycles. The van der Waals surface area contributed by atoms with Crippen molar-refractivity contribution < 1.29 is 26.3 Å². The van der Waals surface area contributed by atoms with Crippen molar-refractivity contribution in [1.29, 1.82) is 0 Å². The zero-order chi connectivity index (χ0) is 13.4. The molecule has 0 aliphatic carbocycles. The number of alkyl halides is 3. The second-order valence-electron chi connectivity index (χ2n) is 2.55. The van der Waals surface area contributed by atoms with E-state index in [0.717, 1.165) is 6.07 Å². The van der Waals surface area contributed by atoms with Gasteiger partial charge in [-0.05, 0) is 44.6 Å². The van der Waals surface area contributed by atoms with Crippen LogP contribution in [-0.2, 0) is 9.05 Å². The summed E-state index contributed by atoms with van der Waals surface area (Å²) in [6.07, 6.45) is -4.97. The number of halogens is 6. The van der Waals surface area contributed by atoms with Crippen LogP contribution in [-0.4, -0.2) is 19.8 Å². The SMILES string of the molecule is O=S(=O)(Cl)c1cc(Br)c(I)c(OC(F)(F)F)n1. The molecule has 11 heteroatoms. The molecule has 17 heavy (non-hydrogen) atoms. The van der Waals surface area contributed by atoms with Crippen molar-refractivity contribution in [3.8, 4) is 5.88 Å². The van der Waals surface area contributed by atoms with Gasteiger partial charge in [0.25, 0.3) is 9.05 Å². The number of pyridine rings is 1. The van der Waals surface area contributed by atoms with Crippen LogP contribution in [0.2, 0.25) is 0 Å². The van der Waals surface area contributed by atoms with Crippen molar-refractivity contribution in [1.82, 2.24) is 4.98 Å². The first kappa shape index (κ1) is 15.2. The molecule has 1 aromatic heterocycles. The molecule has 0 amide bonds. The van der Waals surface area contributed by atoms with E-state index in [1.807, 2.05) is 0 Å². The van der Waals surface area contributed by atoms with E-state index >= 15 is 0 Å². The first-order valence-electron chi connectivity index (χ1n) is 3.57. The summed E-state index contributed by atoms with van der Waals surface area (Å²) in [6.45, 7) is 0. The number of hydrogen-bond acceptors (Lipinski definition) is 4. The second-order valence-corrected chi connectivity index (χ2v) is 6.99. The highest BCUT2D eigenvalue weighted by atomic mass is 127. The first-order valence-corrected chi connectivity index (χ1v) is 7.75. The fourth-order valence-electron chi connectivity index (χ4n) is 0.758. The molecule has 4 nitrogen and oxygen atoms in total. The molecule has 0 atom stereocenters. The monoisotopic (exact) mass is 465 g/mol. The lowest BCUT2D eigenvalue weighted by molar-refractivity contribution is -0.276. The van der Waals surface area contributed by atoms with Crippen LogP contribution in [0.25, 0.3) is 0 Å². The summed E-state index contributed by atoms with van der Waals surface area (Å²) in [5, 5.41) is -0.731. The first-order chi connectivity index (χ1) is 7.50. The molecule has 0 bridgehead atoms. The van der Waals surface area contributed by atoms with Crippen LogP contribution in [0.5, 0.6) is 5.88 Å². The summed E-state index contributed by atoms with van der Waals surface area (Å²) in [5.74, 6) is -0.883. The molecule has 0 aliphatic rings. The average molecular weight is 466 g/mol. The maximum absolute atomic E-state index is 12.0. The topological polar surface area (TPSA) is 56.3 Å². The molecule has 0 aliphatic heterocycles. The predicted molar refractivity (Wildman–Crippen MR) is 64.4 cm³/mol. The van der Waals surface area contributed by atoms with Crippen molar-refractivity contribution in [2.45, 2.75) is 11.4 Å². The maximum Gasteiger partial charge on any atom is 0.574 e. The van der Waals surface area contributed by atoms with Crippen LogP contribution in [0.4, 0.5) is 13.2 Å². The highest BCUT2D eigenvalue weighted by Crippen LogP contribution is 2.33. The summed E-state index contributed by atoms with van der Waals surface area (Å²) >= 11 is 4.40. The minimum Gasteiger partial charge on any atom is -0.387 e. The van der Waals surface area contributed by atoms with Gasteiger partial charge in [0.05, 0.1) is 3.57 Å². The number of hydrogen-bond donors (Lipinski definition) is 0. The molecule has 0 spiro atoms. The van der Waals surface area contributed by atoms with Crippen LogP contribution in [0, 0.1) is 3.57 Å². The van der Waals surface area contributed by atoms with Gasteiger partial charge in [-0.25, -0.2) is 8.42 Å². The minimum absolute atomic E-state index is 0.0241. The molecule has 0 saturated carbocycles. The van der Waals surface area contributed by atoms with Crippen molar-refractivity contribution in [2.75, 3.05) is 0 Å². The van der Waals surface area contributed by atoms with Gasteiger partial charge < -0.3 is 4.74 Å². The van der Waals surface area contributed by atoms with Crippen LogP contribution in [0.1, 0.15) is 0 Å². The third-order valence-electron chi connectivity index (χ3n) is 1.32. The Labute approximate surface area is 120 Å². The molecule has 1 aromatic rings. The average Bonchev–Trinajstić information content (AvgIpc) is 2.08. The number of nitrogens with zero attached hydrogens (tertiary/aromatic N) is 1. The van der Waals surface area contributed by atoms with Gasteiger partial charge in [0.1, 0.15) is 0 Å². The lowest BCUT2D eigenvalue weighted by Gasteiger charge is -2.11. The highest BCUT2D eigenvalue weighted by molar-refractivity contribution is 14.1. The normalized spacial score (nSPS) is 12.6. The van der Waals surface area contributed by atoms with E-state index in [0.29, 0.717) is 0 Å². The second kappa shape index (κ2) is 5.05. The Kier molecular flexibility index (Phi) is 4.53. The van der Waals surface area contributed by atoms with Gasteiger partial charge in [-0.2, -0.15) is 4.98 Å². The maximum atomic E-state index is 12.0. The Hall–Kier alpha value is 0.190. The van der Waals surface area contributed by atoms with Gasteiger partial charge >= 0.3 is 6.36 Å². The zero-order valence-corrected chi connectivity index (χ0v) is 12.7. The zero-order valence-electron chi connectivity index (χ0n) is 7.43. The molecule has 0 N–H and O–H groups in total. The van der Waals surface area contributed by atoms with Crippen molar-refractivity contribution in [3.05, 3.63) is 14.1 Å². The summed E-state index contributed by atoms with van der Waals surface area (Å²) in [7, 11) is 0.736. The lowest BCUT2D eigenvalue weighted by Crippen LogP contribution is -2.19. The van der Waals surface area contributed by atoms with Crippen molar-refractivity contribution in [2.24, 2.45) is 0 Å². The van der Waals surface area contributed by atoms with E-state index < -0.39 is 26.3 Å². The molecule has 0 fully saturated rings. The Morgan fingerprint density at radius 1 is 1.47 bits per heavy atom. The quantitative estimate of drug-likeness (QED) is 0.496. The van der Waals surface area contributed by atoms with Gasteiger partial charge in [-0.3, -0.25) is 0 Å². The van der Waals surface area contributed by atoms with E-state index in [1.165, 1.54) is 22.6 Å². The molecular weight excluding hydrogens is 465 g/mol. The predicted octanol–water partition coefficient (Wildman–Crippen LogP) is 3.27. The summed E-state index contributed by atoms with van der Waals surface area (Å²) in [4.78, 5) is 3.19. The minimum atomic E-state index is -4.97. The molecule has 1 heterocycles. The van der Waals surface area contributed by atoms with Gasteiger partial charge in [0, 0.05) is 15.2 Å². The van der Waals surface area contributed by atoms with Crippen molar-refractivity contribution in [3.63, 3.8) is 0 Å². The van der Waals surface area contributed by atoms with E-state index in [1.54, 1.807) is 0 Å². The largest absolute Gasteiger partial charge is 0.574 e. The summed E-state index contributed by atoms with van der Waals surface area (Å²) in [6, 6.07) is 0.980. The van der Waals surface area contributed by atoms with E-state index in [4.69, 9.17) is 10.7 Å². The Balaban J connectivity index is 3.36. The summed E-state index contributed by atoms with van der Waals surface area (Å²) in [5.41, 5.74) is 0. The molecule has 96 valence electrons. The van der Waals surface area contributed by atoms with Gasteiger partial charge in [-0.1, -0.05) is 0 Å². The van der Waals surface area contributed by atoms with Crippen molar-refractivity contribution >= 4 is 58.3 Å². The number of rotatable bonds is 2. The van der Waals surface area contributed by atoms with Crippen LogP contribution < -0.4 is 4.74 Å². The fraction of sp³-hybridized carbons (Fsp3) is 0.167. The highest BCUT2D eigenvalue weighted by Gasteiger charge is 2.34. The molecule has 1 rings (SSSR count). The standard InChI is InChI=1S/C6HBrClF3INO3S/c7-2-1-3(17(8,14)15)13-5(4(2)12)16-6(9,10)11/h1H. The molecule has 0 radical (unpaired) electrons. The molecule has 0 aromatic carbocycles. The molecule has 0 unspecified atom stereocenters. The smallest absolute Gasteiger partial charge is 0.387 e. The Morgan fingerprint density at radius 3 is 2.41 bits per heavy atom. The van der Waals surface area contributed by atoms with Gasteiger partial charge in [0.15, 0.2) is 5.03 Å². The third kappa shape index (κ3) is 4.41. The van der Waals surface area contributed by atoms with Gasteiger partial charge in [-0.15, -0.1) is 13.2 Å². The van der Waals surface area contributed by atoms with Gasteiger partial charge in [0.2, 0.25) is 5.88 Å². The fourth-order valence-corrected chi connectivity index (χ4v) is 2.37. The van der Waals surface area contributed by atoms with E-state index in [-0.39, 0.29) is 8.04 Å². The lowest BCUT2D eigenvalue weighted by atomic mass is 10.5. The number of aromatic nitrogens is 1. The van der Waals surface area contributed by atoms with Crippen LogP contribution in [0.3, 0.4) is 0 Å². The summed E-state index contributed by atoms with van der Waals surface area (Å²) < 4.78 is 61.6. The number of ether oxygens (including phenoxy) is 1. The third-order valence-corrected chi connectivity index (χ3v) is 4.91. The van der Waals surface area contributed by atoms with E-state index in [9.17, 15) is 21.6 Å². The Morgan fingerprint density at radius 2 is 2.00 bits per heavy atom. The molecular formula is C6HBrClF3INO3S. The Bertz CT molecular complexity index is 550. The van der Waals surface area contributed by atoms with Crippen LogP contribution >= 0.6 is 49.2 Å². The van der Waals surface area contributed by atoms with E-state index in [2.05, 4.69) is 25.7 Å². The van der Waals surface area contributed by atoms with Crippen LogP contribution in [0.15, 0.2) is 15.6 Å².